The molecule has 0 fully saturated rings. The molecule has 1 aromatic carbocycles. The minimum Gasteiger partial charge on any atom is -0.327 e. The number of nitrogens with one attached hydrogen (secondary N) is 1. The van der Waals surface area contributed by atoms with E-state index in [1.165, 1.54) is 4.90 Å². The smallest absolute Gasteiger partial charge is 0.275 e. The number of aryl methyl sites for hydroxylation is 1. The molecule has 0 saturated carbocycles. The summed E-state index contributed by atoms with van der Waals surface area (Å²) < 4.78 is 25.7. The average Bonchev–Trinajstić information content (AvgIpc) is 3.09. The number of carbonyl (C=O) groups is 1. The molecule has 0 unspecified atom stereocenters. The molecular formula is C16H17F2N3O. The van der Waals surface area contributed by atoms with Gasteiger partial charge in [-0.05, 0) is 24.8 Å². The predicted molar refractivity (Wildman–Crippen MR) is 77.8 cm³/mol. The Kier molecular flexibility index (Phi) is 4.18. The minimum atomic E-state index is -2.57. The average molecular weight is 305 g/mol. The van der Waals surface area contributed by atoms with Crippen LogP contribution in [0.4, 0.5) is 8.78 Å². The maximum atomic E-state index is 12.8. The Morgan fingerprint density at radius 3 is 2.77 bits per heavy atom. The monoisotopic (exact) mass is 305 g/mol. The number of alkyl halides is 2. The van der Waals surface area contributed by atoms with Crippen molar-refractivity contribution in [2.24, 2.45) is 0 Å². The molecule has 0 spiro atoms. The molecule has 1 aromatic heterocycles. The number of benzene rings is 1. The SMILES string of the molecule is O=C(c1n[nH]c2c1CCC2)N(Cc1ccccc1)CC(F)F. The summed E-state index contributed by atoms with van der Waals surface area (Å²) in [4.78, 5) is 13.8. The van der Waals surface area contributed by atoms with Gasteiger partial charge in [-0.3, -0.25) is 9.89 Å². The summed E-state index contributed by atoms with van der Waals surface area (Å²) in [5.74, 6) is -0.427. The standard InChI is InChI=1S/C16H17F2N3O/c17-14(18)10-21(9-11-5-2-1-3-6-11)16(22)15-12-7-4-8-13(12)19-20-15/h1-3,5-6,14H,4,7-10H2,(H,19,20). The van der Waals surface area contributed by atoms with Gasteiger partial charge in [0.05, 0.1) is 6.54 Å². The first-order valence-corrected chi connectivity index (χ1v) is 7.32. The summed E-state index contributed by atoms with van der Waals surface area (Å²) in [7, 11) is 0. The van der Waals surface area contributed by atoms with Crippen LogP contribution < -0.4 is 0 Å². The third kappa shape index (κ3) is 3.00. The topological polar surface area (TPSA) is 49.0 Å². The molecule has 22 heavy (non-hydrogen) atoms. The number of hydrogen-bond acceptors (Lipinski definition) is 2. The van der Waals surface area contributed by atoms with E-state index in [0.29, 0.717) is 5.69 Å². The van der Waals surface area contributed by atoms with Gasteiger partial charge >= 0.3 is 0 Å². The first-order chi connectivity index (χ1) is 10.6. The van der Waals surface area contributed by atoms with Gasteiger partial charge in [-0.25, -0.2) is 8.78 Å². The number of aromatic amines is 1. The van der Waals surface area contributed by atoms with Crippen LogP contribution in [0.1, 0.15) is 33.7 Å². The molecule has 0 bridgehead atoms. The van der Waals surface area contributed by atoms with E-state index in [1.54, 1.807) is 0 Å². The number of halogens is 2. The van der Waals surface area contributed by atoms with Crippen LogP contribution in [0.25, 0.3) is 0 Å². The number of carbonyl (C=O) groups excluding carboxylic acids is 1. The molecular weight excluding hydrogens is 288 g/mol. The van der Waals surface area contributed by atoms with Crippen molar-refractivity contribution >= 4 is 5.91 Å². The molecule has 1 aliphatic rings. The van der Waals surface area contributed by atoms with Crippen LogP contribution in [0, 0.1) is 0 Å². The van der Waals surface area contributed by atoms with Crippen molar-refractivity contribution in [3.8, 4) is 0 Å². The summed E-state index contributed by atoms with van der Waals surface area (Å²) in [6.07, 6.45) is 0.0427. The van der Waals surface area contributed by atoms with E-state index in [2.05, 4.69) is 10.2 Å². The third-order valence-corrected chi connectivity index (χ3v) is 3.87. The van der Waals surface area contributed by atoms with E-state index in [0.717, 1.165) is 36.1 Å². The lowest BCUT2D eigenvalue weighted by molar-refractivity contribution is 0.0529. The normalized spacial score (nSPS) is 13.4. The van der Waals surface area contributed by atoms with Gasteiger partial charge in [0, 0.05) is 17.8 Å². The van der Waals surface area contributed by atoms with E-state index in [9.17, 15) is 13.6 Å². The largest absolute Gasteiger partial charge is 0.327 e. The van der Waals surface area contributed by atoms with E-state index < -0.39 is 18.9 Å². The zero-order valence-corrected chi connectivity index (χ0v) is 12.1. The predicted octanol–water partition coefficient (Wildman–Crippen LogP) is 2.81. The second-order valence-corrected chi connectivity index (χ2v) is 5.45. The van der Waals surface area contributed by atoms with Crippen molar-refractivity contribution in [2.75, 3.05) is 6.54 Å². The highest BCUT2D eigenvalue weighted by atomic mass is 19.3. The molecule has 116 valence electrons. The highest BCUT2D eigenvalue weighted by Gasteiger charge is 2.28. The van der Waals surface area contributed by atoms with Gasteiger partial charge in [-0.1, -0.05) is 30.3 Å². The number of hydrogen-bond donors (Lipinski definition) is 1. The van der Waals surface area contributed by atoms with Crippen molar-refractivity contribution in [3.05, 3.63) is 52.8 Å². The van der Waals surface area contributed by atoms with Crippen molar-refractivity contribution in [1.82, 2.24) is 15.1 Å². The summed E-state index contributed by atoms with van der Waals surface area (Å²) in [5.41, 5.74) is 2.96. The first-order valence-electron chi connectivity index (χ1n) is 7.32. The molecule has 1 heterocycles. The third-order valence-electron chi connectivity index (χ3n) is 3.87. The Hall–Kier alpha value is -2.24. The van der Waals surface area contributed by atoms with Crippen LogP contribution in [0.15, 0.2) is 30.3 Å². The Morgan fingerprint density at radius 1 is 1.27 bits per heavy atom. The molecule has 6 heteroatoms. The van der Waals surface area contributed by atoms with Gasteiger partial charge in [0.1, 0.15) is 0 Å². The fourth-order valence-electron chi connectivity index (χ4n) is 2.84. The molecule has 4 nitrogen and oxygen atoms in total. The Morgan fingerprint density at radius 2 is 2.05 bits per heavy atom. The lowest BCUT2D eigenvalue weighted by atomic mass is 10.1. The summed E-state index contributed by atoms with van der Waals surface area (Å²) >= 11 is 0. The van der Waals surface area contributed by atoms with Crippen molar-refractivity contribution in [1.29, 1.82) is 0 Å². The van der Waals surface area contributed by atoms with Crippen LogP contribution in [-0.2, 0) is 19.4 Å². The second-order valence-electron chi connectivity index (χ2n) is 5.45. The van der Waals surface area contributed by atoms with Gasteiger partial charge in [0.15, 0.2) is 5.69 Å². The van der Waals surface area contributed by atoms with Crippen LogP contribution in [0.5, 0.6) is 0 Å². The number of aromatic nitrogens is 2. The highest BCUT2D eigenvalue weighted by molar-refractivity contribution is 5.94. The van der Waals surface area contributed by atoms with Crippen LogP contribution in [0.3, 0.4) is 0 Å². The Balaban J connectivity index is 1.83. The van der Waals surface area contributed by atoms with Crippen LogP contribution in [-0.4, -0.2) is 34.0 Å². The molecule has 0 aliphatic heterocycles. The zero-order chi connectivity index (χ0) is 15.5. The fourth-order valence-corrected chi connectivity index (χ4v) is 2.84. The van der Waals surface area contributed by atoms with Gasteiger partial charge in [-0.2, -0.15) is 5.10 Å². The van der Waals surface area contributed by atoms with Gasteiger partial charge in [0.2, 0.25) is 0 Å². The quantitative estimate of drug-likeness (QED) is 0.923. The molecule has 1 aliphatic carbocycles. The maximum absolute atomic E-state index is 12.8. The van der Waals surface area contributed by atoms with Crippen molar-refractivity contribution < 1.29 is 13.6 Å². The number of amides is 1. The minimum absolute atomic E-state index is 0.158. The molecule has 0 radical (unpaired) electrons. The molecule has 1 amide bonds. The van der Waals surface area contributed by atoms with E-state index in [1.807, 2.05) is 30.3 Å². The fraction of sp³-hybridized carbons (Fsp3) is 0.375. The summed E-state index contributed by atoms with van der Waals surface area (Å²) in [6, 6.07) is 9.14. The highest BCUT2D eigenvalue weighted by Crippen LogP contribution is 2.24. The van der Waals surface area contributed by atoms with Crippen molar-refractivity contribution in [2.45, 2.75) is 32.2 Å². The molecule has 0 saturated heterocycles. The molecule has 1 N–H and O–H groups in total. The van der Waals surface area contributed by atoms with E-state index in [-0.39, 0.29) is 6.54 Å². The second kappa shape index (κ2) is 6.25. The zero-order valence-electron chi connectivity index (χ0n) is 12.1. The maximum Gasteiger partial charge on any atom is 0.275 e. The molecule has 3 rings (SSSR count). The number of rotatable bonds is 5. The number of H-pyrrole nitrogens is 1. The lowest BCUT2D eigenvalue weighted by Gasteiger charge is -2.22. The summed E-state index contributed by atoms with van der Waals surface area (Å²) in [5, 5.41) is 6.90. The number of nitrogens with zero attached hydrogens (tertiary/aromatic N) is 2. The lowest BCUT2D eigenvalue weighted by Crippen LogP contribution is -2.35. The van der Waals surface area contributed by atoms with E-state index in [4.69, 9.17) is 0 Å². The first kappa shape index (κ1) is 14.7. The molecule has 0 atom stereocenters. The molecule has 2 aromatic rings. The Labute approximate surface area is 127 Å². The van der Waals surface area contributed by atoms with Crippen LogP contribution >= 0.6 is 0 Å². The summed E-state index contributed by atoms with van der Waals surface area (Å²) in [6.45, 7) is -0.430. The van der Waals surface area contributed by atoms with E-state index >= 15 is 0 Å². The van der Waals surface area contributed by atoms with Gasteiger partial charge in [0.25, 0.3) is 12.3 Å². The van der Waals surface area contributed by atoms with Gasteiger partial charge < -0.3 is 4.90 Å². The van der Waals surface area contributed by atoms with Crippen molar-refractivity contribution in [3.63, 3.8) is 0 Å². The Bertz CT molecular complexity index is 655. The van der Waals surface area contributed by atoms with Gasteiger partial charge in [-0.15, -0.1) is 0 Å². The number of fused-ring (bicyclic) bond motifs is 1. The van der Waals surface area contributed by atoms with Crippen LogP contribution in [0.2, 0.25) is 0 Å².